The van der Waals surface area contributed by atoms with Crippen LogP contribution in [0.2, 0.25) is 0 Å². The highest BCUT2D eigenvalue weighted by atomic mass is 32.1. The maximum absolute atomic E-state index is 13.3. The van der Waals surface area contributed by atoms with Crippen LogP contribution in [-0.4, -0.2) is 4.98 Å². The van der Waals surface area contributed by atoms with Crippen LogP contribution in [0.1, 0.15) is 27.6 Å². The molecule has 1 aromatic carbocycles. The molecule has 4 nitrogen and oxygen atoms in total. The van der Waals surface area contributed by atoms with E-state index in [2.05, 4.69) is 11.1 Å². The molecule has 1 atom stereocenters. The van der Waals surface area contributed by atoms with Crippen molar-refractivity contribution in [1.29, 1.82) is 5.26 Å². The second-order valence-corrected chi connectivity index (χ2v) is 7.06. The number of aryl methyl sites for hydroxylation is 2. The van der Waals surface area contributed by atoms with E-state index in [-0.39, 0.29) is 17.6 Å². The van der Waals surface area contributed by atoms with Crippen molar-refractivity contribution in [3.05, 3.63) is 69.3 Å². The maximum Gasteiger partial charge on any atom is 0.205 e. The molecule has 3 aromatic rings. The van der Waals surface area contributed by atoms with E-state index < -0.39 is 0 Å². The summed E-state index contributed by atoms with van der Waals surface area (Å²) in [5, 5.41) is 10.5. The Bertz CT molecular complexity index is 1080. The van der Waals surface area contributed by atoms with Gasteiger partial charge in [-0.3, -0.25) is 0 Å². The summed E-state index contributed by atoms with van der Waals surface area (Å²) >= 11 is 1.49. The molecule has 0 spiro atoms. The van der Waals surface area contributed by atoms with E-state index in [1.165, 1.54) is 23.5 Å². The number of benzene rings is 1. The Morgan fingerprint density at radius 1 is 1.28 bits per heavy atom. The zero-order chi connectivity index (χ0) is 17.7. The molecule has 0 bridgehead atoms. The largest absolute Gasteiger partial charge is 0.439 e. The van der Waals surface area contributed by atoms with Crippen LogP contribution in [0.15, 0.2) is 41.8 Å². The number of nitriles is 1. The van der Waals surface area contributed by atoms with Crippen LogP contribution in [0.5, 0.6) is 5.75 Å². The minimum absolute atomic E-state index is 0.0870. The molecular weight excluding hydrogens is 337 g/mol. The van der Waals surface area contributed by atoms with Gasteiger partial charge in [0.25, 0.3) is 0 Å². The Balaban J connectivity index is 2.02. The molecule has 4 rings (SSSR count). The van der Waals surface area contributed by atoms with Crippen molar-refractivity contribution in [2.24, 2.45) is 5.73 Å². The Morgan fingerprint density at radius 3 is 2.68 bits per heavy atom. The molecule has 3 heterocycles. The third-order valence-electron chi connectivity index (χ3n) is 4.32. The molecule has 0 saturated carbocycles. The summed E-state index contributed by atoms with van der Waals surface area (Å²) in [5.41, 5.74) is 9.14. The molecule has 1 unspecified atom stereocenters. The Kier molecular flexibility index (Phi) is 3.48. The van der Waals surface area contributed by atoms with Crippen LogP contribution in [0.25, 0.3) is 10.2 Å². The lowest BCUT2D eigenvalue weighted by Gasteiger charge is -2.23. The molecule has 0 radical (unpaired) electrons. The van der Waals surface area contributed by atoms with Gasteiger partial charge in [-0.15, -0.1) is 11.3 Å². The van der Waals surface area contributed by atoms with E-state index in [1.54, 1.807) is 12.1 Å². The fourth-order valence-corrected chi connectivity index (χ4v) is 4.61. The van der Waals surface area contributed by atoms with E-state index in [4.69, 9.17) is 10.5 Å². The predicted octanol–water partition coefficient (Wildman–Crippen LogP) is 4.27. The van der Waals surface area contributed by atoms with Crippen LogP contribution in [0.3, 0.4) is 0 Å². The molecule has 2 aromatic heterocycles. The molecule has 1 aliphatic rings. The summed E-state index contributed by atoms with van der Waals surface area (Å²) in [6.45, 7) is 3.94. The summed E-state index contributed by atoms with van der Waals surface area (Å²) in [6.07, 6.45) is 0. The fourth-order valence-electron chi connectivity index (χ4n) is 3.25. The van der Waals surface area contributed by atoms with Gasteiger partial charge < -0.3 is 10.5 Å². The number of nitrogens with zero attached hydrogens (tertiary/aromatic N) is 2. The minimum Gasteiger partial charge on any atom is -0.439 e. The minimum atomic E-state index is -0.381. The number of pyridine rings is 1. The lowest BCUT2D eigenvalue weighted by molar-refractivity contribution is 0.401. The van der Waals surface area contributed by atoms with E-state index >= 15 is 0 Å². The second kappa shape index (κ2) is 5.57. The molecule has 0 saturated heterocycles. The Morgan fingerprint density at radius 2 is 2.00 bits per heavy atom. The molecule has 0 amide bonds. The van der Waals surface area contributed by atoms with Crippen LogP contribution in [-0.2, 0) is 0 Å². The first-order valence-electron chi connectivity index (χ1n) is 7.73. The summed E-state index contributed by atoms with van der Waals surface area (Å²) in [7, 11) is 0. The predicted molar refractivity (Wildman–Crippen MR) is 94.8 cm³/mol. The molecule has 6 heteroatoms. The van der Waals surface area contributed by atoms with Gasteiger partial charge in [-0.2, -0.15) is 5.26 Å². The zero-order valence-corrected chi connectivity index (χ0v) is 14.4. The van der Waals surface area contributed by atoms with Crippen molar-refractivity contribution in [2.75, 3.05) is 0 Å². The average molecular weight is 351 g/mol. The van der Waals surface area contributed by atoms with E-state index in [0.717, 1.165) is 31.9 Å². The van der Waals surface area contributed by atoms with Gasteiger partial charge in [0, 0.05) is 5.69 Å². The first-order chi connectivity index (χ1) is 12.0. The first kappa shape index (κ1) is 15.6. The quantitative estimate of drug-likeness (QED) is 0.711. The van der Waals surface area contributed by atoms with Crippen LogP contribution in [0.4, 0.5) is 4.39 Å². The highest BCUT2D eigenvalue weighted by molar-refractivity contribution is 7.19. The number of fused-ring (bicyclic) bond motifs is 3. The lowest BCUT2D eigenvalue weighted by Crippen LogP contribution is -2.19. The van der Waals surface area contributed by atoms with Gasteiger partial charge in [-0.05, 0) is 43.2 Å². The number of rotatable bonds is 1. The monoisotopic (exact) mass is 351 g/mol. The summed E-state index contributed by atoms with van der Waals surface area (Å²) < 4.78 is 19.2. The van der Waals surface area contributed by atoms with Gasteiger partial charge in [-0.1, -0.05) is 12.1 Å². The Labute approximate surface area is 148 Å². The Hall–Kier alpha value is -2.91. The standard InChI is InChI=1S/C19H14FN3OS/c1-9-7-10(2)23-19-14(9)16-17(25-19)15(13(8-21)18(22)24-16)11-3-5-12(20)6-4-11/h3-7,15H,22H2,1-2H3. The van der Waals surface area contributed by atoms with Crippen LogP contribution < -0.4 is 10.5 Å². The van der Waals surface area contributed by atoms with Crippen molar-refractivity contribution in [3.63, 3.8) is 0 Å². The van der Waals surface area contributed by atoms with Gasteiger partial charge in [0.05, 0.1) is 16.2 Å². The van der Waals surface area contributed by atoms with Gasteiger partial charge in [0.2, 0.25) is 5.88 Å². The molecule has 1 aliphatic heterocycles. The van der Waals surface area contributed by atoms with E-state index in [0.29, 0.717) is 11.3 Å². The van der Waals surface area contributed by atoms with Gasteiger partial charge >= 0.3 is 0 Å². The number of nitrogens with two attached hydrogens (primary N) is 1. The van der Waals surface area contributed by atoms with Crippen LogP contribution in [0, 0.1) is 31.0 Å². The highest BCUT2D eigenvalue weighted by Gasteiger charge is 2.34. The third-order valence-corrected chi connectivity index (χ3v) is 5.45. The second-order valence-electron chi connectivity index (χ2n) is 6.03. The van der Waals surface area contributed by atoms with Crippen molar-refractivity contribution in [2.45, 2.75) is 19.8 Å². The number of thiophene rings is 1. The third kappa shape index (κ3) is 2.36. The van der Waals surface area contributed by atoms with E-state index in [1.807, 2.05) is 19.9 Å². The van der Waals surface area contributed by atoms with Crippen LogP contribution >= 0.6 is 11.3 Å². The first-order valence-corrected chi connectivity index (χ1v) is 8.55. The average Bonchev–Trinajstić information content (AvgIpc) is 2.92. The number of hydrogen-bond donors (Lipinski definition) is 1. The number of aromatic nitrogens is 1. The summed E-state index contributed by atoms with van der Waals surface area (Å²) in [5.74, 6) is 0.0315. The molecule has 25 heavy (non-hydrogen) atoms. The molecule has 0 aliphatic carbocycles. The zero-order valence-electron chi connectivity index (χ0n) is 13.6. The number of halogens is 1. The van der Waals surface area contributed by atoms with Gasteiger partial charge in [-0.25, -0.2) is 9.37 Å². The molecular formula is C19H14FN3OS. The summed E-state index contributed by atoms with van der Waals surface area (Å²) in [4.78, 5) is 6.31. The number of ether oxygens (including phenoxy) is 1. The molecule has 2 N–H and O–H groups in total. The normalized spacial score (nSPS) is 16.5. The van der Waals surface area contributed by atoms with Crippen molar-refractivity contribution >= 4 is 21.6 Å². The van der Waals surface area contributed by atoms with E-state index in [9.17, 15) is 9.65 Å². The van der Waals surface area contributed by atoms with Crippen molar-refractivity contribution in [3.8, 4) is 11.8 Å². The highest BCUT2D eigenvalue weighted by Crippen LogP contribution is 2.50. The van der Waals surface area contributed by atoms with Gasteiger partial charge in [0.1, 0.15) is 22.3 Å². The smallest absolute Gasteiger partial charge is 0.205 e. The SMILES string of the molecule is Cc1cc(C)c2c3c(sc2n1)C(c1ccc(F)cc1)C(C#N)=C(N)O3. The molecule has 0 fully saturated rings. The summed E-state index contributed by atoms with van der Waals surface area (Å²) in [6, 6.07) is 10.3. The fraction of sp³-hybridized carbons (Fsp3) is 0.158. The number of allylic oxidation sites excluding steroid dienone is 1. The van der Waals surface area contributed by atoms with Crippen molar-refractivity contribution < 1.29 is 9.13 Å². The van der Waals surface area contributed by atoms with Gasteiger partial charge in [0.15, 0.2) is 5.75 Å². The number of hydrogen-bond acceptors (Lipinski definition) is 5. The lowest BCUT2D eigenvalue weighted by atomic mass is 9.88. The topological polar surface area (TPSA) is 71.9 Å². The maximum atomic E-state index is 13.3. The van der Waals surface area contributed by atoms with Crippen molar-refractivity contribution in [1.82, 2.24) is 4.98 Å². The molecule has 124 valence electrons.